The van der Waals surface area contributed by atoms with Gasteiger partial charge in [-0.15, -0.1) is 0 Å². The molecule has 110 valence electrons. The number of hydrogen-bond acceptors (Lipinski definition) is 3. The third-order valence-electron chi connectivity index (χ3n) is 3.38. The van der Waals surface area contributed by atoms with E-state index >= 15 is 0 Å². The number of rotatable bonds is 5. The topological polar surface area (TPSA) is 55.4 Å². The van der Waals surface area contributed by atoms with Gasteiger partial charge >= 0.3 is 6.09 Å². The van der Waals surface area contributed by atoms with Gasteiger partial charge in [0.25, 0.3) is 0 Å². The number of carbonyl (C=O) groups is 2. The van der Waals surface area contributed by atoms with E-state index in [9.17, 15) is 9.59 Å². The fourth-order valence-corrected chi connectivity index (χ4v) is 2.41. The Bertz CT molecular complexity index is 301. The minimum atomic E-state index is -0.519. The van der Waals surface area contributed by atoms with E-state index in [1.807, 2.05) is 0 Å². The van der Waals surface area contributed by atoms with Crippen LogP contribution in [-0.4, -0.2) is 24.0 Å². The molecule has 0 spiro atoms. The maximum atomic E-state index is 11.7. The fraction of sp³-hybridized carbons (Fsp3) is 0.867. The molecule has 0 aromatic heterocycles. The van der Waals surface area contributed by atoms with Gasteiger partial charge in [0.15, 0.2) is 5.78 Å². The summed E-state index contributed by atoms with van der Waals surface area (Å²) >= 11 is 0. The first-order valence-corrected chi connectivity index (χ1v) is 7.35. The van der Waals surface area contributed by atoms with Crippen molar-refractivity contribution in [2.45, 2.75) is 71.3 Å². The van der Waals surface area contributed by atoms with Crippen molar-refractivity contribution in [2.24, 2.45) is 5.92 Å². The van der Waals surface area contributed by atoms with E-state index in [0.717, 1.165) is 6.42 Å². The number of hydrogen-bond donors (Lipinski definition) is 1. The predicted molar refractivity (Wildman–Crippen MR) is 75.1 cm³/mol. The molecule has 1 amide bonds. The normalized spacial score (nSPS) is 17.0. The number of ketones is 1. The number of amides is 1. The lowest BCUT2D eigenvalue weighted by molar-refractivity contribution is -0.118. The average molecular weight is 269 g/mol. The van der Waals surface area contributed by atoms with Crippen molar-refractivity contribution in [3.05, 3.63) is 0 Å². The SMILES string of the molecule is CC(C)(C)OC(=O)NCC(=O)CCC1CCCCC1. The molecule has 1 saturated carbocycles. The molecular formula is C15H27NO3. The van der Waals surface area contributed by atoms with Crippen LogP contribution in [0.15, 0.2) is 0 Å². The van der Waals surface area contributed by atoms with Crippen LogP contribution in [0.4, 0.5) is 4.79 Å². The number of carbonyl (C=O) groups excluding carboxylic acids is 2. The largest absolute Gasteiger partial charge is 0.444 e. The molecule has 1 fully saturated rings. The van der Waals surface area contributed by atoms with Crippen LogP contribution in [-0.2, 0) is 9.53 Å². The zero-order valence-electron chi connectivity index (χ0n) is 12.5. The predicted octanol–water partition coefficient (Wildman–Crippen LogP) is 3.44. The van der Waals surface area contributed by atoms with Gasteiger partial charge in [0.1, 0.15) is 5.60 Å². The first kappa shape index (κ1) is 16.0. The summed E-state index contributed by atoms with van der Waals surface area (Å²) in [5.74, 6) is 0.802. The first-order chi connectivity index (χ1) is 8.87. The molecule has 4 nitrogen and oxygen atoms in total. The lowest BCUT2D eigenvalue weighted by Gasteiger charge is -2.21. The lowest BCUT2D eigenvalue weighted by atomic mass is 9.86. The molecule has 0 aliphatic heterocycles. The number of ether oxygens (including phenoxy) is 1. The van der Waals surface area contributed by atoms with Gasteiger partial charge in [0.05, 0.1) is 6.54 Å². The van der Waals surface area contributed by atoms with Gasteiger partial charge in [-0.05, 0) is 33.1 Å². The van der Waals surface area contributed by atoms with Gasteiger partial charge in [-0.25, -0.2) is 4.79 Å². The smallest absolute Gasteiger partial charge is 0.408 e. The van der Waals surface area contributed by atoms with Crippen LogP contribution >= 0.6 is 0 Å². The zero-order chi connectivity index (χ0) is 14.3. The van der Waals surface area contributed by atoms with E-state index in [4.69, 9.17) is 4.74 Å². The Balaban J connectivity index is 2.12. The van der Waals surface area contributed by atoms with E-state index in [0.29, 0.717) is 12.3 Å². The summed E-state index contributed by atoms with van der Waals surface area (Å²) in [7, 11) is 0. The highest BCUT2D eigenvalue weighted by molar-refractivity contribution is 5.83. The highest BCUT2D eigenvalue weighted by Crippen LogP contribution is 2.27. The summed E-state index contributed by atoms with van der Waals surface area (Å²) in [6.07, 6.45) is 7.47. The first-order valence-electron chi connectivity index (χ1n) is 7.35. The molecule has 4 heteroatoms. The quantitative estimate of drug-likeness (QED) is 0.831. The molecule has 0 bridgehead atoms. The average Bonchev–Trinajstić information content (AvgIpc) is 2.33. The number of nitrogens with one attached hydrogen (secondary N) is 1. The molecule has 19 heavy (non-hydrogen) atoms. The maximum absolute atomic E-state index is 11.7. The lowest BCUT2D eigenvalue weighted by Crippen LogP contribution is -2.35. The van der Waals surface area contributed by atoms with Crippen molar-refractivity contribution in [3.63, 3.8) is 0 Å². The van der Waals surface area contributed by atoms with Crippen molar-refractivity contribution in [1.29, 1.82) is 0 Å². The third kappa shape index (κ3) is 7.85. The van der Waals surface area contributed by atoms with Gasteiger partial charge in [-0.2, -0.15) is 0 Å². The molecule has 1 aliphatic rings. The van der Waals surface area contributed by atoms with Crippen molar-refractivity contribution >= 4 is 11.9 Å². The van der Waals surface area contributed by atoms with Gasteiger partial charge in [0, 0.05) is 6.42 Å². The van der Waals surface area contributed by atoms with Gasteiger partial charge < -0.3 is 10.1 Å². The Morgan fingerprint density at radius 1 is 1.16 bits per heavy atom. The van der Waals surface area contributed by atoms with Crippen LogP contribution in [0.1, 0.15) is 65.7 Å². The van der Waals surface area contributed by atoms with E-state index in [-0.39, 0.29) is 12.3 Å². The maximum Gasteiger partial charge on any atom is 0.408 e. The standard InChI is InChI=1S/C15H27NO3/c1-15(2,3)19-14(18)16-11-13(17)10-9-12-7-5-4-6-8-12/h12H,4-11H2,1-3H3,(H,16,18). The summed E-state index contributed by atoms with van der Waals surface area (Å²) in [5.41, 5.74) is -0.519. The van der Waals surface area contributed by atoms with Gasteiger partial charge in [-0.1, -0.05) is 32.1 Å². The zero-order valence-corrected chi connectivity index (χ0v) is 12.5. The second-order valence-electron chi connectivity index (χ2n) is 6.44. The van der Waals surface area contributed by atoms with Crippen LogP contribution < -0.4 is 5.32 Å². The van der Waals surface area contributed by atoms with E-state index in [1.165, 1.54) is 32.1 Å². The van der Waals surface area contributed by atoms with Crippen LogP contribution in [0.25, 0.3) is 0 Å². The summed E-state index contributed by atoms with van der Waals surface area (Å²) in [4.78, 5) is 23.1. The van der Waals surface area contributed by atoms with E-state index < -0.39 is 11.7 Å². The van der Waals surface area contributed by atoms with Crippen LogP contribution in [0.2, 0.25) is 0 Å². The minimum absolute atomic E-state index is 0.0850. The summed E-state index contributed by atoms with van der Waals surface area (Å²) in [6.45, 7) is 5.49. The Morgan fingerprint density at radius 3 is 2.37 bits per heavy atom. The van der Waals surface area contributed by atoms with Crippen molar-refractivity contribution in [2.75, 3.05) is 6.54 Å². The van der Waals surface area contributed by atoms with Gasteiger partial charge in [0.2, 0.25) is 0 Å². The Morgan fingerprint density at radius 2 is 1.79 bits per heavy atom. The molecular weight excluding hydrogens is 242 g/mol. The molecule has 0 radical (unpaired) electrons. The van der Waals surface area contributed by atoms with Gasteiger partial charge in [-0.3, -0.25) is 4.79 Å². The third-order valence-corrected chi connectivity index (χ3v) is 3.38. The second-order valence-corrected chi connectivity index (χ2v) is 6.44. The van der Waals surface area contributed by atoms with E-state index in [2.05, 4.69) is 5.32 Å². The monoisotopic (exact) mass is 269 g/mol. The Kier molecular flexibility index (Phi) is 6.32. The van der Waals surface area contributed by atoms with Crippen LogP contribution in [0.5, 0.6) is 0 Å². The second kappa shape index (κ2) is 7.51. The highest BCUT2D eigenvalue weighted by Gasteiger charge is 2.18. The number of Topliss-reactive ketones (excluding diaryl/α,β-unsaturated/α-hetero) is 1. The molecule has 1 N–H and O–H groups in total. The van der Waals surface area contributed by atoms with E-state index in [1.54, 1.807) is 20.8 Å². The van der Waals surface area contributed by atoms with Crippen molar-refractivity contribution < 1.29 is 14.3 Å². The van der Waals surface area contributed by atoms with Crippen molar-refractivity contribution in [3.8, 4) is 0 Å². The molecule has 0 atom stereocenters. The fourth-order valence-electron chi connectivity index (χ4n) is 2.41. The summed E-state index contributed by atoms with van der Waals surface area (Å²) in [5, 5.41) is 2.52. The highest BCUT2D eigenvalue weighted by atomic mass is 16.6. The Labute approximate surface area is 116 Å². The molecule has 1 rings (SSSR count). The molecule has 0 aromatic rings. The Hall–Kier alpha value is -1.06. The molecule has 0 aromatic carbocycles. The molecule has 0 heterocycles. The minimum Gasteiger partial charge on any atom is -0.444 e. The number of alkyl carbamates (subject to hydrolysis) is 1. The van der Waals surface area contributed by atoms with Crippen LogP contribution in [0, 0.1) is 5.92 Å². The summed E-state index contributed by atoms with van der Waals surface area (Å²) in [6, 6.07) is 0. The molecule has 1 aliphatic carbocycles. The summed E-state index contributed by atoms with van der Waals surface area (Å²) < 4.78 is 5.08. The molecule has 0 unspecified atom stereocenters. The van der Waals surface area contributed by atoms with Crippen LogP contribution in [0.3, 0.4) is 0 Å². The molecule has 0 saturated heterocycles. The van der Waals surface area contributed by atoms with Crippen molar-refractivity contribution in [1.82, 2.24) is 5.32 Å².